The van der Waals surface area contributed by atoms with Gasteiger partial charge in [-0.15, -0.1) is 0 Å². The summed E-state index contributed by atoms with van der Waals surface area (Å²) >= 11 is 0. The van der Waals surface area contributed by atoms with Gasteiger partial charge in [0.2, 0.25) is 5.82 Å². The molecule has 1 fully saturated rings. The number of nitro groups is 1. The Labute approximate surface area is 113 Å². The zero-order valence-corrected chi connectivity index (χ0v) is 10.2. The highest BCUT2D eigenvalue weighted by Gasteiger charge is 2.32. The standard InChI is InChI=1S/C11H10N4O5/c12-5-7-1-2-13-10(9(7)15(18)19)14-3-4-20-8(6-14)11(16)17/h1-2,8H,3-4,6H2,(H,16,17). The maximum absolute atomic E-state index is 11.1. The second-order valence-electron chi connectivity index (χ2n) is 4.04. The van der Waals surface area contributed by atoms with Crippen LogP contribution in [-0.2, 0) is 9.53 Å². The fourth-order valence-electron chi connectivity index (χ4n) is 1.94. The van der Waals surface area contributed by atoms with Crippen molar-refractivity contribution >= 4 is 17.5 Å². The lowest BCUT2D eigenvalue weighted by molar-refractivity contribution is -0.384. The number of ether oxygens (including phenoxy) is 1. The van der Waals surface area contributed by atoms with Gasteiger partial charge in [-0.05, 0) is 6.07 Å². The van der Waals surface area contributed by atoms with Crippen molar-refractivity contribution < 1.29 is 19.6 Å². The average molecular weight is 278 g/mol. The number of morpholine rings is 1. The predicted molar refractivity (Wildman–Crippen MR) is 65.2 cm³/mol. The molecule has 2 rings (SSSR count). The van der Waals surface area contributed by atoms with Crippen LogP contribution in [0, 0.1) is 21.4 Å². The maximum Gasteiger partial charge on any atom is 0.334 e. The number of rotatable bonds is 3. The summed E-state index contributed by atoms with van der Waals surface area (Å²) in [6.45, 7) is 0.330. The number of pyridine rings is 1. The Morgan fingerprint density at radius 2 is 2.45 bits per heavy atom. The highest BCUT2D eigenvalue weighted by atomic mass is 16.6. The molecule has 9 nitrogen and oxygen atoms in total. The number of nitriles is 1. The summed E-state index contributed by atoms with van der Waals surface area (Å²) in [4.78, 5) is 26.7. The molecule has 1 unspecified atom stereocenters. The lowest BCUT2D eigenvalue weighted by atomic mass is 10.2. The van der Waals surface area contributed by atoms with Crippen molar-refractivity contribution in [1.82, 2.24) is 4.98 Å². The van der Waals surface area contributed by atoms with Gasteiger partial charge in [-0.3, -0.25) is 10.1 Å². The molecule has 1 aromatic rings. The largest absolute Gasteiger partial charge is 0.479 e. The van der Waals surface area contributed by atoms with Crippen molar-refractivity contribution in [2.45, 2.75) is 6.10 Å². The van der Waals surface area contributed by atoms with Crippen LogP contribution in [-0.4, -0.2) is 46.8 Å². The minimum atomic E-state index is -1.14. The fourth-order valence-corrected chi connectivity index (χ4v) is 1.94. The van der Waals surface area contributed by atoms with Gasteiger partial charge >= 0.3 is 11.7 Å². The summed E-state index contributed by atoms with van der Waals surface area (Å²) in [5.41, 5.74) is -0.528. The van der Waals surface area contributed by atoms with Crippen molar-refractivity contribution in [2.75, 3.05) is 24.6 Å². The molecule has 1 atom stereocenters. The van der Waals surface area contributed by atoms with Crippen molar-refractivity contribution in [2.24, 2.45) is 0 Å². The summed E-state index contributed by atoms with van der Waals surface area (Å²) in [5.74, 6) is -1.16. The van der Waals surface area contributed by atoms with E-state index in [2.05, 4.69) is 4.98 Å². The number of carboxylic acid groups (broad SMARTS) is 1. The summed E-state index contributed by atoms with van der Waals surface area (Å²) in [5, 5.41) is 28.9. The number of aliphatic carboxylic acids is 1. The number of hydrogen-bond donors (Lipinski definition) is 1. The Morgan fingerprint density at radius 1 is 1.70 bits per heavy atom. The van der Waals surface area contributed by atoms with Crippen molar-refractivity contribution in [1.29, 1.82) is 5.26 Å². The van der Waals surface area contributed by atoms with Crippen LogP contribution in [0.3, 0.4) is 0 Å². The molecule has 1 saturated heterocycles. The number of nitrogens with zero attached hydrogens (tertiary/aromatic N) is 4. The van der Waals surface area contributed by atoms with Gasteiger partial charge < -0.3 is 14.7 Å². The van der Waals surface area contributed by atoms with Gasteiger partial charge in [-0.2, -0.15) is 5.26 Å². The summed E-state index contributed by atoms with van der Waals surface area (Å²) in [6, 6.07) is 2.98. The van der Waals surface area contributed by atoms with Gasteiger partial charge in [0.15, 0.2) is 6.10 Å². The highest BCUT2D eigenvalue weighted by molar-refractivity contribution is 5.74. The van der Waals surface area contributed by atoms with Crippen LogP contribution in [0.15, 0.2) is 12.3 Å². The zero-order chi connectivity index (χ0) is 14.7. The summed E-state index contributed by atoms with van der Waals surface area (Å²) < 4.78 is 5.04. The van der Waals surface area contributed by atoms with Gasteiger partial charge in [0.05, 0.1) is 18.1 Å². The third-order valence-corrected chi connectivity index (χ3v) is 2.85. The second-order valence-corrected chi connectivity index (χ2v) is 4.04. The summed E-state index contributed by atoms with van der Waals surface area (Å²) in [7, 11) is 0. The average Bonchev–Trinajstić information content (AvgIpc) is 2.46. The molecule has 0 saturated carbocycles. The molecule has 20 heavy (non-hydrogen) atoms. The third kappa shape index (κ3) is 2.50. The first-order chi connectivity index (χ1) is 9.54. The van der Waals surface area contributed by atoms with E-state index in [4.69, 9.17) is 15.1 Å². The van der Waals surface area contributed by atoms with Gasteiger partial charge in [0.25, 0.3) is 0 Å². The molecule has 1 aromatic heterocycles. The highest BCUT2D eigenvalue weighted by Crippen LogP contribution is 2.30. The van der Waals surface area contributed by atoms with Crippen LogP contribution in [0.5, 0.6) is 0 Å². The predicted octanol–water partition coefficient (Wildman–Crippen LogP) is 0.151. The van der Waals surface area contributed by atoms with Crippen molar-refractivity contribution in [3.8, 4) is 6.07 Å². The van der Waals surface area contributed by atoms with Crippen LogP contribution in [0.1, 0.15) is 5.56 Å². The second kappa shape index (κ2) is 5.50. The van der Waals surface area contributed by atoms with E-state index in [-0.39, 0.29) is 31.1 Å². The number of anilines is 1. The Kier molecular flexibility index (Phi) is 3.76. The molecule has 0 aliphatic carbocycles. The van der Waals surface area contributed by atoms with E-state index in [0.717, 1.165) is 0 Å². The van der Waals surface area contributed by atoms with E-state index in [1.807, 2.05) is 0 Å². The van der Waals surface area contributed by atoms with Gasteiger partial charge in [-0.1, -0.05) is 0 Å². The molecule has 0 radical (unpaired) electrons. The van der Waals surface area contributed by atoms with E-state index in [9.17, 15) is 14.9 Å². The van der Waals surface area contributed by atoms with Gasteiger partial charge in [0, 0.05) is 12.7 Å². The SMILES string of the molecule is N#Cc1ccnc(N2CCOC(C(=O)O)C2)c1[N+](=O)[O-]. The van der Waals surface area contributed by atoms with Crippen LogP contribution in [0.4, 0.5) is 11.5 Å². The smallest absolute Gasteiger partial charge is 0.334 e. The molecule has 0 aromatic carbocycles. The van der Waals surface area contributed by atoms with E-state index in [1.54, 1.807) is 6.07 Å². The van der Waals surface area contributed by atoms with Crippen LogP contribution in [0.25, 0.3) is 0 Å². The third-order valence-electron chi connectivity index (χ3n) is 2.85. The fraction of sp³-hybridized carbons (Fsp3) is 0.364. The lowest BCUT2D eigenvalue weighted by Gasteiger charge is -2.31. The Balaban J connectivity index is 2.40. The molecule has 1 N–H and O–H groups in total. The van der Waals surface area contributed by atoms with Crippen molar-refractivity contribution in [3.63, 3.8) is 0 Å². The monoisotopic (exact) mass is 278 g/mol. The minimum Gasteiger partial charge on any atom is -0.479 e. The molecule has 0 spiro atoms. The van der Waals surface area contributed by atoms with Crippen LogP contribution in [0.2, 0.25) is 0 Å². The topological polar surface area (TPSA) is 130 Å². The van der Waals surface area contributed by atoms with Crippen LogP contribution < -0.4 is 4.90 Å². The first-order valence-electron chi connectivity index (χ1n) is 5.67. The summed E-state index contributed by atoms with van der Waals surface area (Å²) in [6.07, 6.45) is 0.211. The molecule has 1 aliphatic heterocycles. The molecule has 1 aliphatic rings. The molecule has 0 bridgehead atoms. The number of carboxylic acids is 1. The maximum atomic E-state index is 11.1. The van der Waals surface area contributed by atoms with E-state index in [0.29, 0.717) is 0 Å². The number of hydrogen-bond acceptors (Lipinski definition) is 7. The first kappa shape index (κ1) is 13.7. The molecule has 104 valence electrons. The molecule has 9 heteroatoms. The zero-order valence-electron chi connectivity index (χ0n) is 10.2. The first-order valence-corrected chi connectivity index (χ1v) is 5.67. The minimum absolute atomic E-state index is 0.0106. The molecular formula is C11H10N4O5. The quantitative estimate of drug-likeness (QED) is 0.610. The molecule has 0 amide bonds. The Hall–Kier alpha value is -2.73. The number of aromatic nitrogens is 1. The normalized spacial score (nSPS) is 18.4. The Morgan fingerprint density at radius 3 is 3.05 bits per heavy atom. The number of carbonyl (C=O) groups is 1. The van der Waals surface area contributed by atoms with Gasteiger partial charge in [0.1, 0.15) is 11.6 Å². The van der Waals surface area contributed by atoms with Crippen LogP contribution >= 0.6 is 0 Å². The van der Waals surface area contributed by atoms with E-state index >= 15 is 0 Å². The van der Waals surface area contributed by atoms with E-state index in [1.165, 1.54) is 17.2 Å². The Bertz CT molecular complexity index is 597. The lowest BCUT2D eigenvalue weighted by Crippen LogP contribution is -2.46. The molecular weight excluding hydrogens is 268 g/mol. The van der Waals surface area contributed by atoms with Gasteiger partial charge in [-0.25, -0.2) is 9.78 Å². The molecule has 2 heterocycles. The van der Waals surface area contributed by atoms with E-state index < -0.39 is 22.7 Å². The van der Waals surface area contributed by atoms with Crippen molar-refractivity contribution in [3.05, 3.63) is 27.9 Å².